The molecule has 0 saturated carbocycles. The Labute approximate surface area is 89.9 Å². The van der Waals surface area contributed by atoms with E-state index in [2.05, 4.69) is 17.5 Å². The van der Waals surface area contributed by atoms with E-state index < -0.39 is 0 Å². The molecule has 0 aromatic heterocycles. The van der Waals surface area contributed by atoms with Gasteiger partial charge in [-0.25, -0.2) is 0 Å². The fourth-order valence-corrected chi connectivity index (χ4v) is 1.79. The third-order valence-electron chi connectivity index (χ3n) is 2.54. The summed E-state index contributed by atoms with van der Waals surface area (Å²) < 4.78 is 5.16. The minimum Gasteiger partial charge on any atom is -0.497 e. The maximum Gasteiger partial charge on any atom is 0.122 e. The summed E-state index contributed by atoms with van der Waals surface area (Å²) in [5.41, 5.74) is 7.53. The van der Waals surface area contributed by atoms with Crippen molar-refractivity contribution in [1.82, 2.24) is 0 Å². The molecule has 0 bridgehead atoms. The maximum atomic E-state index is 5.77. The van der Waals surface area contributed by atoms with Crippen LogP contribution >= 0.6 is 0 Å². The van der Waals surface area contributed by atoms with E-state index >= 15 is 0 Å². The topological polar surface area (TPSA) is 47.3 Å². The quantitative estimate of drug-likeness (QED) is 0.587. The lowest BCUT2D eigenvalue weighted by Gasteiger charge is -2.14. The van der Waals surface area contributed by atoms with Crippen LogP contribution in [0.2, 0.25) is 0 Å². The second kappa shape index (κ2) is 4.26. The molecule has 2 rings (SSSR count). The number of rotatable bonds is 3. The zero-order chi connectivity index (χ0) is 10.7. The van der Waals surface area contributed by atoms with Crippen LogP contribution in [-0.4, -0.2) is 13.2 Å². The van der Waals surface area contributed by atoms with Crippen molar-refractivity contribution in [3.8, 4) is 5.75 Å². The van der Waals surface area contributed by atoms with Gasteiger partial charge in [0.25, 0.3) is 0 Å². The minimum absolute atomic E-state index is 0.497. The highest BCUT2D eigenvalue weighted by Crippen LogP contribution is 2.24. The van der Waals surface area contributed by atoms with Crippen molar-refractivity contribution in [3.63, 3.8) is 0 Å². The van der Waals surface area contributed by atoms with Crippen LogP contribution < -0.4 is 15.8 Å². The molecule has 1 aliphatic carbocycles. The van der Waals surface area contributed by atoms with Crippen molar-refractivity contribution >= 4 is 11.4 Å². The van der Waals surface area contributed by atoms with E-state index in [1.54, 1.807) is 7.11 Å². The van der Waals surface area contributed by atoms with Gasteiger partial charge in [-0.15, -0.1) is 0 Å². The van der Waals surface area contributed by atoms with Crippen LogP contribution in [-0.2, 0) is 0 Å². The molecule has 0 fully saturated rings. The van der Waals surface area contributed by atoms with Crippen molar-refractivity contribution in [1.29, 1.82) is 0 Å². The Morgan fingerprint density at radius 2 is 2.00 bits per heavy atom. The third kappa shape index (κ3) is 2.43. The first-order valence-electron chi connectivity index (χ1n) is 5.14. The van der Waals surface area contributed by atoms with Crippen molar-refractivity contribution in [2.45, 2.75) is 18.9 Å². The number of anilines is 2. The van der Waals surface area contributed by atoms with Gasteiger partial charge < -0.3 is 15.8 Å². The van der Waals surface area contributed by atoms with E-state index in [1.807, 2.05) is 18.2 Å². The van der Waals surface area contributed by atoms with Crippen LogP contribution in [0.15, 0.2) is 30.4 Å². The lowest BCUT2D eigenvalue weighted by atomic mass is 10.2. The van der Waals surface area contributed by atoms with Crippen LogP contribution in [0.5, 0.6) is 5.75 Å². The first-order chi connectivity index (χ1) is 7.28. The Morgan fingerprint density at radius 1 is 1.27 bits per heavy atom. The average Bonchev–Trinajstić information content (AvgIpc) is 2.69. The smallest absolute Gasteiger partial charge is 0.122 e. The number of nitrogen functional groups attached to an aromatic ring is 1. The zero-order valence-corrected chi connectivity index (χ0v) is 8.86. The van der Waals surface area contributed by atoms with Gasteiger partial charge in [0.05, 0.1) is 7.11 Å². The number of hydrogen-bond donors (Lipinski definition) is 2. The van der Waals surface area contributed by atoms with Crippen LogP contribution in [0.4, 0.5) is 11.4 Å². The Kier molecular flexibility index (Phi) is 2.81. The summed E-state index contributed by atoms with van der Waals surface area (Å²) in [7, 11) is 1.65. The first-order valence-corrected chi connectivity index (χ1v) is 5.14. The standard InChI is InChI=1S/C12H16N2O/c1-15-12-7-9(13)6-11(8-12)14-10-4-2-3-5-10/h2-3,6-8,10,14H,4-5,13H2,1H3. The molecule has 3 heteroatoms. The molecule has 3 N–H and O–H groups in total. The number of nitrogens with one attached hydrogen (secondary N) is 1. The molecular formula is C12H16N2O. The number of ether oxygens (including phenoxy) is 1. The SMILES string of the molecule is COc1cc(N)cc(NC2CC=CC2)c1. The lowest BCUT2D eigenvalue weighted by molar-refractivity contribution is 0.415. The van der Waals surface area contributed by atoms with Gasteiger partial charge in [0, 0.05) is 29.5 Å². The van der Waals surface area contributed by atoms with Gasteiger partial charge in [0.1, 0.15) is 5.75 Å². The number of nitrogens with two attached hydrogens (primary N) is 1. The molecule has 0 radical (unpaired) electrons. The normalized spacial score (nSPS) is 15.5. The monoisotopic (exact) mass is 204 g/mol. The number of methoxy groups -OCH3 is 1. The Morgan fingerprint density at radius 3 is 2.67 bits per heavy atom. The summed E-state index contributed by atoms with van der Waals surface area (Å²) in [6, 6.07) is 6.21. The zero-order valence-electron chi connectivity index (χ0n) is 8.86. The molecule has 3 nitrogen and oxygen atoms in total. The summed E-state index contributed by atoms with van der Waals surface area (Å²) >= 11 is 0. The molecule has 0 heterocycles. The number of benzene rings is 1. The third-order valence-corrected chi connectivity index (χ3v) is 2.54. The van der Waals surface area contributed by atoms with Crippen LogP contribution in [0.1, 0.15) is 12.8 Å². The van der Waals surface area contributed by atoms with Crippen molar-refractivity contribution in [2.24, 2.45) is 0 Å². The van der Waals surface area contributed by atoms with E-state index in [9.17, 15) is 0 Å². The van der Waals surface area contributed by atoms with Gasteiger partial charge in [-0.3, -0.25) is 0 Å². The van der Waals surface area contributed by atoms with E-state index in [4.69, 9.17) is 10.5 Å². The summed E-state index contributed by atoms with van der Waals surface area (Å²) in [5.74, 6) is 0.795. The van der Waals surface area contributed by atoms with E-state index in [-0.39, 0.29) is 0 Å². The summed E-state index contributed by atoms with van der Waals surface area (Å²) in [5, 5.41) is 3.43. The van der Waals surface area contributed by atoms with Gasteiger partial charge in [-0.2, -0.15) is 0 Å². The van der Waals surface area contributed by atoms with E-state index in [1.165, 1.54) is 0 Å². The fourth-order valence-electron chi connectivity index (χ4n) is 1.79. The maximum absolute atomic E-state index is 5.77. The molecule has 0 amide bonds. The average molecular weight is 204 g/mol. The van der Waals surface area contributed by atoms with Gasteiger partial charge in [-0.05, 0) is 18.9 Å². The molecule has 80 valence electrons. The van der Waals surface area contributed by atoms with E-state index in [0.29, 0.717) is 6.04 Å². The molecule has 0 unspecified atom stereocenters. The Bertz CT molecular complexity index is 366. The molecular weight excluding hydrogens is 188 g/mol. The van der Waals surface area contributed by atoms with Gasteiger partial charge >= 0.3 is 0 Å². The predicted octanol–water partition coefficient (Wildman–Crippen LogP) is 2.41. The molecule has 1 aromatic rings. The van der Waals surface area contributed by atoms with Crippen LogP contribution in [0.25, 0.3) is 0 Å². The second-order valence-corrected chi connectivity index (χ2v) is 3.78. The lowest BCUT2D eigenvalue weighted by Crippen LogP contribution is -2.15. The fraction of sp³-hybridized carbons (Fsp3) is 0.333. The highest BCUT2D eigenvalue weighted by atomic mass is 16.5. The summed E-state index contributed by atoms with van der Waals surface area (Å²) in [6.07, 6.45) is 6.55. The van der Waals surface area contributed by atoms with Crippen molar-refractivity contribution in [2.75, 3.05) is 18.2 Å². The number of hydrogen-bond acceptors (Lipinski definition) is 3. The molecule has 0 atom stereocenters. The van der Waals surface area contributed by atoms with Crippen molar-refractivity contribution in [3.05, 3.63) is 30.4 Å². The van der Waals surface area contributed by atoms with Gasteiger partial charge in [0.2, 0.25) is 0 Å². The largest absolute Gasteiger partial charge is 0.497 e. The van der Waals surface area contributed by atoms with Gasteiger partial charge in [0.15, 0.2) is 0 Å². The molecule has 1 aliphatic rings. The summed E-state index contributed by atoms with van der Waals surface area (Å²) in [6.45, 7) is 0. The molecule has 0 spiro atoms. The Balaban J connectivity index is 2.09. The van der Waals surface area contributed by atoms with Crippen molar-refractivity contribution < 1.29 is 4.74 Å². The predicted molar refractivity (Wildman–Crippen MR) is 63.2 cm³/mol. The van der Waals surface area contributed by atoms with Crippen LogP contribution in [0.3, 0.4) is 0 Å². The Hall–Kier alpha value is -1.64. The molecule has 0 aliphatic heterocycles. The molecule has 1 aromatic carbocycles. The first kappa shape index (κ1) is 9.90. The van der Waals surface area contributed by atoms with Gasteiger partial charge in [-0.1, -0.05) is 12.2 Å². The molecule has 15 heavy (non-hydrogen) atoms. The highest BCUT2D eigenvalue weighted by Gasteiger charge is 2.10. The second-order valence-electron chi connectivity index (χ2n) is 3.78. The van der Waals surface area contributed by atoms with Crippen LogP contribution in [0, 0.1) is 0 Å². The highest BCUT2D eigenvalue weighted by molar-refractivity contribution is 5.59. The van der Waals surface area contributed by atoms with E-state index in [0.717, 1.165) is 30.0 Å². The minimum atomic E-state index is 0.497. The molecule has 0 saturated heterocycles. The summed E-state index contributed by atoms with van der Waals surface area (Å²) in [4.78, 5) is 0.